The summed E-state index contributed by atoms with van der Waals surface area (Å²) in [6, 6.07) is 0. The molecule has 0 aromatic carbocycles. The van der Waals surface area contributed by atoms with Gasteiger partial charge in [-0.15, -0.1) is 0 Å². The molecule has 0 radical (unpaired) electrons. The smallest absolute Gasteiger partial charge is 0.222 e. The van der Waals surface area contributed by atoms with Crippen molar-refractivity contribution in [2.45, 2.75) is 194 Å². The predicted molar refractivity (Wildman–Crippen MR) is 206 cm³/mol. The first-order valence-corrected chi connectivity index (χ1v) is 20.7. The molecular formula is C42H80N2O4. The molecule has 0 atom stereocenters. The van der Waals surface area contributed by atoms with Gasteiger partial charge < -0.3 is 20.0 Å². The van der Waals surface area contributed by atoms with E-state index in [0.29, 0.717) is 39.0 Å². The summed E-state index contributed by atoms with van der Waals surface area (Å²) in [5.41, 5.74) is 0. The van der Waals surface area contributed by atoms with Crippen molar-refractivity contribution in [3.8, 4) is 0 Å². The molecule has 0 bridgehead atoms. The van der Waals surface area contributed by atoms with Gasteiger partial charge >= 0.3 is 0 Å². The largest absolute Gasteiger partial charge is 0.395 e. The summed E-state index contributed by atoms with van der Waals surface area (Å²) in [6.45, 7) is 5.75. The van der Waals surface area contributed by atoms with E-state index in [2.05, 4.69) is 38.2 Å². The van der Waals surface area contributed by atoms with Crippen molar-refractivity contribution >= 4 is 11.8 Å². The summed E-state index contributed by atoms with van der Waals surface area (Å²) in [7, 11) is 0. The Kier molecular flexibility index (Phi) is 36.8. The molecule has 6 heteroatoms. The highest BCUT2D eigenvalue weighted by Crippen LogP contribution is 2.13. The quantitative estimate of drug-likeness (QED) is 0.0507. The van der Waals surface area contributed by atoms with E-state index in [1.807, 2.05) is 0 Å². The van der Waals surface area contributed by atoms with Crippen LogP contribution in [0, 0.1) is 0 Å². The van der Waals surface area contributed by atoms with Crippen molar-refractivity contribution in [3.63, 3.8) is 0 Å². The van der Waals surface area contributed by atoms with Gasteiger partial charge in [-0.1, -0.05) is 141 Å². The Balaban J connectivity index is 4.03. The summed E-state index contributed by atoms with van der Waals surface area (Å²) in [4.78, 5) is 29.1. The lowest BCUT2D eigenvalue weighted by molar-refractivity contribution is -0.136. The number of carbonyl (C=O) groups excluding carboxylic acids is 2. The number of nitrogens with zero attached hydrogens (tertiary/aromatic N) is 2. The van der Waals surface area contributed by atoms with Gasteiger partial charge in [-0.2, -0.15) is 0 Å². The zero-order valence-corrected chi connectivity index (χ0v) is 32.0. The Morgan fingerprint density at radius 2 is 0.667 bits per heavy atom. The van der Waals surface area contributed by atoms with Gasteiger partial charge in [0.25, 0.3) is 0 Å². The van der Waals surface area contributed by atoms with Gasteiger partial charge in [0.1, 0.15) is 0 Å². The average molecular weight is 677 g/mol. The number of carbonyl (C=O) groups is 2. The zero-order valence-electron chi connectivity index (χ0n) is 32.0. The number of aliphatic hydroxyl groups is 2. The lowest BCUT2D eigenvalue weighted by Gasteiger charge is -2.27. The van der Waals surface area contributed by atoms with E-state index in [1.165, 1.54) is 116 Å². The number of hydrogen-bond acceptors (Lipinski definition) is 4. The van der Waals surface area contributed by atoms with Crippen LogP contribution in [0.25, 0.3) is 0 Å². The summed E-state index contributed by atoms with van der Waals surface area (Å²) in [5.74, 6) is 0.102. The Morgan fingerprint density at radius 1 is 0.396 bits per heavy atom. The van der Waals surface area contributed by atoms with E-state index in [0.717, 1.165) is 51.4 Å². The predicted octanol–water partition coefficient (Wildman–Crippen LogP) is 10.7. The maximum atomic E-state index is 12.9. The van der Waals surface area contributed by atoms with Crippen molar-refractivity contribution in [2.24, 2.45) is 0 Å². The number of allylic oxidation sites excluding steroid dienone is 4. The lowest BCUT2D eigenvalue weighted by atomic mass is 10.1. The number of unbranched alkanes of at least 4 members (excludes halogenated alkanes) is 22. The molecule has 0 saturated carbocycles. The third-order valence-corrected chi connectivity index (χ3v) is 9.39. The molecule has 0 spiro atoms. The fourth-order valence-electron chi connectivity index (χ4n) is 6.22. The Bertz CT molecular complexity index is 692. The highest BCUT2D eigenvalue weighted by atomic mass is 16.3. The molecule has 0 heterocycles. The molecule has 6 nitrogen and oxygen atoms in total. The van der Waals surface area contributed by atoms with Gasteiger partial charge in [-0.3, -0.25) is 9.59 Å². The Hall–Kier alpha value is -1.66. The molecule has 0 fully saturated rings. The highest BCUT2D eigenvalue weighted by molar-refractivity contribution is 5.77. The lowest BCUT2D eigenvalue weighted by Crippen LogP contribution is -2.43. The van der Waals surface area contributed by atoms with Crippen molar-refractivity contribution in [1.82, 2.24) is 9.80 Å². The molecule has 0 aliphatic rings. The SMILES string of the molecule is CCCCCCCCC=CCCCCCCCC(=O)N(CCO)CCN(CCO)C(=O)CCCCCCCC=CCCCCCCCC. The summed E-state index contributed by atoms with van der Waals surface area (Å²) in [6.07, 6.45) is 42.2. The Morgan fingerprint density at radius 3 is 0.958 bits per heavy atom. The molecule has 0 aromatic heterocycles. The van der Waals surface area contributed by atoms with Crippen LogP contribution in [0.1, 0.15) is 194 Å². The normalized spacial score (nSPS) is 11.7. The van der Waals surface area contributed by atoms with Gasteiger partial charge in [0, 0.05) is 39.0 Å². The molecule has 0 unspecified atom stereocenters. The topological polar surface area (TPSA) is 81.1 Å². The fourth-order valence-corrected chi connectivity index (χ4v) is 6.22. The maximum Gasteiger partial charge on any atom is 0.222 e. The Labute approximate surface area is 298 Å². The second kappa shape index (κ2) is 38.1. The molecule has 2 N–H and O–H groups in total. The van der Waals surface area contributed by atoms with Crippen molar-refractivity contribution < 1.29 is 19.8 Å². The van der Waals surface area contributed by atoms with Crippen LogP contribution in [0.2, 0.25) is 0 Å². The minimum atomic E-state index is -0.0824. The average Bonchev–Trinajstić information content (AvgIpc) is 3.09. The highest BCUT2D eigenvalue weighted by Gasteiger charge is 2.17. The van der Waals surface area contributed by atoms with E-state index >= 15 is 0 Å². The number of aliphatic hydroxyl groups excluding tert-OH is 2. The molecule has 48 heavy (non-hydrogen) atoms. The van der Waals surface area contributed by atoms with Crippen LogP contribution < -0.4 is 0 Å². The molecule has 0 aliphatic heterocycles. The third kappa shape index (κ3) is 31.6. The number of amides is 2. The van der Waals surface area contributed by atoms with Crippen LogP contribution in [-0.2, 0) is 9.59 Å². The van der Waals surface area contributed by atoms with Gasteiger partial charge in [0.2, 0.25) is 11.8 Å². The van der Waals surface area contributed by atoms with Crippen LogP contribution in [-0.4, -0.2) is 71.2 Å². The number of rotatable bonds is 37. The van der Waals surface area contributed by atoms with Crippen molar-refractivity contribution in [1.29, 1.82) is 0 Å². The molecule has 0 aromatic rings. The number of hydrogen-bond donors (Lipinski definition) is 2. The summed E-state index contributed by atoms with van der Waals surface area (Å²) in [5, 5.41) is 19.1. The molecular weight excluding hydrogens is 596 g/mol. The van der Waals surface area contributed by atoms with E-state index in [9.17, 15) is 19.8 Å². The van der Waals surface area contributed by atoms with Crippen LogP contribution in [0.3, 0.4) is 0 Å². The summed E-state index contributed by atoms with van der Waals surface area (Å²) >= 11 is 0. The molecule has 0 aliphatic carbocycles. The van der Waals surface area contributed by atoms with Crippen LogP contribution in [0.5, 0.6) is 0 Å². The van der Waals surface area contributed by atoms with E-state index in [4.69, 9.17) is 0 Å². The van der Waals surface area contributed by atoms with Gasteiger partial charge in [0.15, 0.2) is 0 Å². The fraction of sp³-hybridized carbons (Fsp3) is 0.857. The first-order chi connectivity index (χ1) is 23.6. The first kappa shape index (κ1) is 46.3. The van der Waals surface area contributed by atoms with E-state index < -0.39 is 0 Å². The standard InChI is InChI=1S/C42H80N2O4/c1-3-5-7-9-11-13-15-17-19-21-23-25-27-29-31-33-41(47)43(37-39-45)35-36-44(38-40-46)42(48)34-32-30-28-26-24-22-20-18-16-14-12-10-8-6-4-2/h17-20,45-46H,3-16,21-40H2,1-2H3. The van der Waals surface area contributed by atoms with E-state index in [1.54, 1.807) is 9.80 Å². The van der Waals surface area contributed by atoms with E-state index in [-0.39, 0.29) is 25.0 Å². The molecule has 0 rings (SSSR count). The van der Waals surface area contributed by atoms with Crippen LogP contribution in [0.15, 0.2) is 24.3 Å². The molecule has 0 saturated heterocycles. The van der Waals surface area contributed by atoms with Crippen LogP contribution >= 0.6 is 0 Å². The first-order valence-electron chi connectivity index (χ1n) is 20.7. The van der Waals surface area contributed by atoms with Crippen molar-refractivity contribution in [2.75, 3.05) is 39.4 Å². The van der Waals surface area contributed by atoms with Gasteiger partial charge in [-0.25, -0.2) is 0 Å². The van der Waals surface area contributed by atoms with Crippen molar-refractivity contribution in [3.05, 3.63) is 24.3 Å². The van der Waals surface area contributed by atoms with Gasteiger partial charge in [-0.05, 0) is 64.2 Å². The van der Waals surface area contributed by atoms with Crippen LogP contribution in [0.4, 0.5) is 0 Å². The maximum absolute atomic E-state index is 12.9. The second-order valence-corrected chi connectivity index (χ2v) is 13.9. The van der Waals surface area contributed by atoms with Gasteiger partial charge in [0.05, 0.1) is 13.2 Å². The third-order valence-electron chi connectivity index (χ3n) is 9.39. The molecule has 2 amide bonds. The molecule has 282 valence electrons. The monoisotopic (exact) mass is 677 g/mol. The summed E-state index contributed by atoms with van der Waals surface area (Å²) < 4.78 is 0. The minimum Gasteiger partial charge on any atom is -0.395 e. The zero-order chi connectivity index (χ0) is 35.2. The minimum absolute atomic E-state index is 0.0512. The second-order valence-electron chi connectivity index (χ2n) is 13.9.